The molecule has 162 valence electrons. The van der Waals surface area contributed by atoms with Crippen molar-refractivity contribution in [3.63, 3.8) is 0 Å². The third-order valence-electron chi connectivity index (χ3n) is 4.85. The molecule has 10 heteroatoms. The van der Waals surface area contributed by atoms with Crippen molar-refractivity contribution in [1.29, 1.82) is 0 Å². The maximum Gasteiger partial charge on any atom is 0.282 e. The second-order valence-electron chi connectivity index (χ2n) is 6.97. The summed E-state index contributed by atoms with van der Waals surface area (Å²) in [7, 11) is -2.46. The largest absolute Gasteiger partial charge is 0.495 e. The lowest BCUT2D eigenvalue weighted by Gasteiger charge is -2.34. The Bertz CT molecular complexity index is 1050. The minimum Gasteiger partial charge on any atom is -0.495 e. The number of rotatable bonds is 6. The van der Waals surface area contributed by atoms with Gasteiger partial charge in [0.05, 0.1) is 19.3 Å². The quantitative estimate of drug-likeness (QED) is 0.725. The maximum absolute atomic E-state index is 14.0. The summed E-state index contributed by atoms with van der Waals surface area (Å²) in [5.41, 5.74) is 1.44. The van der Waals surface area contributed by atoms with Crippen LogP contribution in [-0.4, -0.2) is 49.7 Å². The van der Waals surface area contributed by atoms with Crippen molar-refractivity contribution in [2.45, 2.75) is 19.9 Å². The SMILES string of the molecule is COc1cc(Cl)c(C)cc1NC(=O)CN1CCCN(Cc2ccccc2F)S1(=O)=O. The molecule has 0 aliphatic carbocycles. The van der Waals surface area contributed by atoms with E-state index in [4.69, 9.17) is 16.3 Å². The highest BCUT2D eigenvalue weighted by Crippen LogP contribution is 2.31. The van der Waals surface area contributed by atoms with Gasteiger partial charge in [-0.2, -0.15) is 17.0 Å². The molecule has 1 fully saturated rings. The minimum absolute atomic E-state index is 0.0860. The van der Waals surface area contributed by atoms with E-state index in [1.165, 1.54) is 17.5 Å². The number of carbonyl (C=O) groups excluding carboxylic acids is 1. The molecule has 1 amide bonds. The van der Waals surface area contributed by atoms with E-state index in [-0.39, 0.29) is 31.7 Å². The zero-order valence-electron chi connectivity index (χ0n) is 16.7. The Balaban J connectivity index is 1.72. The molecule has 0 aromatic heterocycles. The van der Waals surface area contributed by atoms with Crippen LogP contribution in [0.2, 0.25) is 5.02 Å². The second kappa shape index (κ2) is 9.30. The Morgan fingerprint density at radius 2 is 1.93 bits per heavy atom. The van der Waals surface area contributed by atoms with Crippen molar-refractivity contribution in [2.24, 2.45) is 0 Å². The van der Waals surface area contributed by atoms with Crippen molar-refractivity contribution in [3.05, 3.63) is 58.4 Å². The van der Waals surface area contributed by atoms with Crippen molar-refractivity contribution in [1.82, 2.24) is 8.61 Å². The predicted octanol–water partition coefficient (Wildman–Crippen LogP) is 3.19. The summed E-state index contributed by atoms with van der Waals surface area (Å²) in [5.74, 6) is -0.597. The number of amides is 1. The molecule has 1 aliphatic rings. The molecule has 2 aromatic carbocycles. The molecule has 0 spiro atoms. The number of aryl methyl sites for hydroxylation is 1. The van der Waals surface area contributed by atoms with Crippen LogP contribution in [0.4, 0.5) is 10.1 Å². The summed E-state index contributed by atoms with van der Waals surface area (Å²) in [6.07, 6.45) is 0.532. The summed E-state index contributed by atoms with van der Waals surface area (Å²) in [4.78, 5) is 12.6. The Kier molecular flexibility index (Phi) is 6.97. The van der Waals surface area contributed by atoms with Crippen LogP contribution in [-0.2, 0) is 21.5 Å². The van der Waals surface area contributed by atoms with E-state index in [0.717, 1.165) is 9.87 Å². The molecular formula is C20H23ClFN3O4S. The summed E-state index contributed by atoms with van der Waals surface area (Å²) in [6, 6.07) is 9.29. The third kappa shape index (κ3) is 4.92. The first-order valence-electron chi connectivity index (χ1n) is 9.35. The van der Waals surface area contributed by atoms with Crippen molar-refractivity contribution in [3.8, 4) is 5.75 Å². The van der Waals surface area contributed by atoms with Gasteiger partial charge in [0.25, 0.3) is 10.2 Å². The van der Waals surface area contributed by atoms with Gasteiger partial charge in [0.15, 0.2) is 0 Å². The van der Waals surface area contributed by atoms with E-state index in [2.05, 4.69) is 5.32 Å². The molecule has 0 bridgehead atoms. The van der Waals surface area contributed by atoms with Crippen LogP contribution in [0.25, 0.3) is 0 Å². The maximum atomic E-state index is 14.0. The molecule has 30 heavy (non-hydrogen) atoms. The lowest BCUT2D eigenvalue weighted by molar-refractivity contribution is -0.116. The van der Waals surface area contributed by atoms with E-state index in [9.17, 15) is 17.6 Å². The number of ether oxygens (including phenoxy) is 1. The minimum atomic E-state index is -3.91. The molecule has 1 saturated heterocycles. The van der Waals surface area contributed by atoms with Gasteiger partial charge in [-0.15, -0.1) is 0 Å². The normalized spacial score (nSPS) is 16.9. The Morgan fingerprint density at radius 3 is 2.63 bits per heavy atom. The summed E-state index contributed by atoms with van der Waals surface area (Å²) >= 11 is 6.08. The van der Waals surface area contributed by atoms with E-state index in [1.54, 1.807) is 37.3 Å². The number of nitrogens with one attached hydrogen (secondary N) is 1. The van der Waals surface area contributed by atoms with Gasteiger partial charge in [0.1, 0.15) is 11.6 Å². The zero-order chi connectivity index (χ0) is 21.9. The summed E-state index contributed by atoms with van der Waals surface area (Å²) in [5, 5.41) is 3.17. The standard InChI is InChI=1S/C20H23ClFN3O4S/c1-14-10-18(19(29-2)11-16(14)21)23-20(26)13-25-9-5-8-24(30(25,27)28)12-15-6-3-4-7-17(15)22/h3-4,6-7,10-11H,5,8-9,12-13H2,1-2H3,(H,23,26). The summed E-state index contributed by atoms with van der Waals surface area (Å²) < 4.78 is 47.4. The van der Waals surface area contributed by atoms with Gasteiger partial charge in [-0.05, 0) is 31.0 Å². The van der Waals surface area contributed by atoms with Crippen LogP contribution >= 0.6 is 11.6 Å². The van der Waals surface area contributed by atoms with Crippen molar-refractivity contribution in [2.75, 3.05) is 32.1 Å². The van der Waals surface area contributed by atoms with Crippen LogP contribution in [0.15, 0.2) is 36.4 Å². The second-order valence-corrected chi connectivity index (χ2v) is 9.31. The van der Waals surface area contributed by atoms with E-state index >= 15 is 0 Å². The van der Waals surface area contributed by atoms with Gasteiger partial charge >= 0.3 is 0 Å². The van der Waals surface area contributed by atoms with E-state index < -0.39 is 21.9 Å². The van der Waals surface area contributed by atoms with Gasteiger partial charge in [-0.25, -0.2) is 4.39 Å². The molecule has 7 nitrogen and oxygen atoms in total. The fraction of sp³-hybridized carbons (Fsp3) is 0.350. The molecule has 3 rings (SSSR count). The molecule has 2 aromatic rings. The highest BCUT2D eigenvalue weighted by Gasteiger charge is 2.35. The number of anilines is 1. The first-order chi connectivity index (χ1) is 14.2. The van der Waals surface area contributed by atoms with Gasteiger partial charge in [0.2, 0.25) is 5.91 Å². The number of hydrogen-bond donors (Lipinski definition) is 1. The van der Waals surface area contributed by atoms with Gasteiger partial charge < -0.3 is 10.1 Å². The van der Waals surface area contributed by atoms with E-state index in [1.807, 2.05) is 0 Å². The fourth-order valence-electron chi connectivity index (χ4n) is 3.24. The van der Waals surface area contributed by atoms with Crippen LogP contribution < -0.4 is 10.1 Å². The Hall–Kier alpha value is -2.20. The smallest absolute Gasteiger partial charge is 0.282 e. The van der Waals surface area contributed by atoms with Gasteiger partial charge in [0, 0.05) is 36.3 Å². The van der Waals surface area contributed by atoms with E-state index in [0.29, 0.717) is 22.9 Å². The number of hydrogen-bond acceptors (Lipinski definition) is 4. The average Bonchev–Trinajstić information content (AvgIpc) is 2.69. The molecule has 0 unspecified atom stereocenters. The Morgan fingerprint density at radius 1 is 1.23 bits per heavy atom. The fourth-order valence-corrected chi connectivity index (χ4v) is 5.02. The van der Waals surface area contributed by atoms with Crippen molar-refractivity contribution >= 4 is 33.4 Å². The van der Waals surface area contributed by atoms with Crippen molar-refractivity contribution < 1.29 is 22.3 Å². The molecule has 1 N–H and O–H groups in total. The monoisotopic (exact) mass is 455 g/mol. The van der Waals surface area contributed by atoms with Crippen LogP contribution in [0.3, 0.4) is 0 Å². The average molecular weight is 456 g/mol. The van der Waals surface area contributed by atoms with Crippen LogP contribution in [0.5, 0.6) is 5.75 Å². The molecule has 0 saturated carbocycles. The topological polar surface area (TPSA) is 79.0 Å². The number of halogens is 2. The molecule has 1 heterocycles. The van der Waals surface area contributed by atoms with Crippen LogP contribution in [0.1, 0.15) is 17.5 Å². The number of methoxy groups -OCH3 is 1. The number of benzene rings is 2. The van der Waals surface area contributed by atoms with Gasteiger partial charge in [-0.3, -0.25) is 4.79 Å². The highest BCUT2D eigenvalue weighted by molar-refractivity contribution is 7.86. The lowest BCUT2D eigenvalue weighted by atomic mass is 10.2. The van der Waals surface area contributed by atoms with Crippen LogP contribution in [0, 0.1) is 12.7 Å². The molecule has 0 atom stereocenters. The molecule has 0 radical (unpaired) electrons. The first kappa shape index (κ1) is 22.5. The predicted molar refractivity (Wildman–Crippen MR) is 113 cm³/mol. The third-order valence-corrected chi connectivity index (χ3v) is 7.18. The highest BCUT2D eigenvalue weighted by atomic mass is 35.5. The number of carbonyl (C=O) groups is 1. The zero-order valence-corrected chi connectivity index (χ0v) is 18.3. The first-order valence-corrected chi connectivity index (χ1v) is 11.1. The van der Waals surface area contributed by atoms with Gasteiger partial charge in [-0.1, -0.05) is 29.8 Å². The summed E-state index contributed by atoms with van der Waals surface area (Å²) in [6.45, 7) is 1.81. The molecular weight excluding hydrogens is 433 g/mol. The Labute approximate surface area is 180 Å². The molecule has 1 aliphatic heterocycles. The lowest BCUT2D eigenvalue weighted by Crippen LogP contribution is -2.51. The number of nitrogens with zero attached hydrogens (tertiary/aromatic N) is 2.